The topological polar surface area (TPSA) is 73.1 Å². The van der Waals surface area contributed by atoms with Crippen molar-refractivity contribution < 1.29 is 4.74 Å². The summed E-state index contributed by atoms with van der Waals surface area (Å²) < 4.78 is 5.26. The van der Waals surface area contributed by atoms with E-state index >= 15 is 0 Å². The van der Waals surface area contributed by atoms with E-state index < -0.39 is 0 Å². The second-order valence-corrected chi connectivity index (χ2v) is 2.53. The van der Waals surface area contributed by atoms with Crippen molar-refractivity contribution in [2.75, 3.05) is 25.5 Å². The Morgan fingerprint density at radius 1 is 1.54 bits per heavy atom. The van der Waals surface area contributed by atoms with Gasteiger partial charge in [0.05, 0.1) is 0 Å². The van der Waals surface area contributed by atoms with Gasteiger partial charge in [0.2, 0.25) is 5.88 Å². The molecule has 0 aromatic carbocycles. The molecule has 1 aromatic rings. The maximum atomic E-state index is 5.30. The Bertz CT molecular complexity index is 277. The number of hydrogen-bond donors (Lipinski definition) is 2. The van der Waals surface area contributed by atoms with Crippen LogP contribution in [-0.4, -0.2) is 30.2 Å². The molecule has 13 heavy (non-hydrogen) atoms. The molecular formula is C8H14N4O. The Hall–Kier alpha value is -1.36. The van der Waals surface area contributed by atoms with Crippen molar-refractivity contribution >= 4 is 5.82 Å². The molecule has 72 valence electrons. The van der Waals surface area contributed by atoms with Crippen LogP contribution in [0.2, 0.25) is 0 Å². The van der Waals surface area contributed by atoms with E-state index in [0.29, 0.717) is 24.9 Å². The number of nitrogens with zero attached hydrogens (tertiary/aromatic N) is 2. The predicted molar refractivity (Wildman–Crippen MR) is 50.9 cm³/mol. The second-order valence-electron chi connectivity index (χ2n) is 2.53. The third-order valence-electron chi connectivity index (χ3n) is 1.44. The number of aryl methyl sites for hydroxylation is 1. The lowest BCUT2D eigenvalue weighted by molar-refractivity contribution is 0.314. The van der Waals surface area contributed by atoms with Crippen LogP contribution in [0.15, 0.2) is 6.07 Å². The molecule has 5 heteroatoms. The molecule has 0 bridgehead atoms. The van der Waals surface area contributed by atoms with Gasteiger partial charge in [-0.3, -0.25) is 0 Å². The minimum absolute atomic E-state index is 0.472. The summed E-state index contributed by atoms with van der Waals surface area (Å²) in [7, 11) is 1.80. The first-order valence-corrected chi connectivity index (χ1v) is 4.12. The summed E-state index contributed by atoms with van der Waals surface area (Å²) in [6, 6.07) is 1.74. The lowest BCUT2D eigenvalue weighted by atomic mass is 10.5. The van der Waals surface area contributed by atoms with E-state index in [1.54, 1.807) is 13.1 Å². The number of nitrogens with two attached hydrogens (primary N) is 1. The highest BCUT2D eigenvalue weighted by molar-refractivity contribution is 5.37. The third kappa shape index (κ3) is 2.87. The Kier molecular flexibility index (Phi) is 3.45. The molecule has 1 aromatic heterocycles. The number of anilines is 1. The SMILES string of the molecule is CNc1cc(OCCN)nc(C)n1. The minimum atomic E-state index is 0.472. The van der Waals surface area contributed by atoms with Gasteiger partial charge in [-0.05, 0) is 6.92 Å². The molecule has 1 rings (SSSR count). The van der Waals surface area contributed by atoms with Gasteiger partial charge < -0.3 is 15.8 Å². The van der Waals surface area contributed by atoms with Crippen molar-refractivity contribution in [1.29, 1.82) is 0 Å². The fraction of sp³-hybridized carbons (Fsp3) is 0.500. The lowest BCUT2D eigenvalue weighted by Crippen LogP contribution is -2.12. The van der Waals surface area contributed by atoms with Crippen LogP contribution in [0.1, 0.15) is 5.82 Å². The van der Waals surface area contributed by atoms with Crippen molar-refractivity contribution in [3.8, 4) is 5.88 Å². The maximum absolute atomic E-state index is 5.30. The lowest BCUT2D eigenvalue weighted by Gasteiger charge is -2.06. The molecule has 0 saturated carbocycles. The van der Waals surface area contributed by atoms with Crippen LogP contribution in [0.4, 0.5) is 5.82 Å². The molecule has 0 aliphatic heterocycles. The zero-order valence-corrected chi connectivity index (χ0v) is 7.87. The number of hydrogen-bond acceptors (Lipinski definition) is 5. The van der Waals surface area contributed by atoms with E-state index in [1.807, 2.05) is 6.92 Å². The molecule has 0 aliphatic carbocycles. The van der Waals surface area contributed by atoms with Crippen molar-refractivity contribution in [3.63, 3.8) is 0 Å². The largest absolute Gasteiger partial charge is 0.476 e. The first-order chi connectivity index (χ1) is 6.26. The van der Waals surface area contributed by atoms with Gasteiger partial charge >= 0.3 is 0 Å². The quantitative estimate of drug-likeness (QED) is 0.694. The average molecular weight is 182 g/mol. The average Bonchev–Trinajstić information content (AvgIpc) is 2.14. The molecular weight excluding hydrogens is 168 g/mol. The van der Waals surface area contributed by atoms with Gasteiger partial charge in [-0.2, -0.15) is 4.98 Å². The highest BCUT2D eigenvalue weighted by atomic mass is 16.5. The fourth-order valence-electron chi connectivity index (χ4n) is 0.906. The molecule has 0 atom stereocenters. The summed E-state index contributed by atoms with van der Waals surface area (Å²) in [4.78, 5) is 8.22. The molecule has 3 N–H and O–H groups in total. The van der Waals surface area contributed by atoms with Gasteiger partial charge in [-0.25, -0.2) is 4.98 Å². The van der Waals surface area contributed by atoms with Crippen LogP contribution in [-0.2, 0) is 0 Å². The van der Waals surface area contributed by atoms with E-state index in [0.717, 1.165) is 5.82 Å². The predicted octanol–water partition coefficient (Wildman–Crippen LogP) is 0.164. The smallest absolute Gasteiger partial charge is 0.218 e. The Balaban J connectivity index is 2.76. The third-order valence-corrected chi connectivity index (χ3v) is 1.44. The van der Waals surface area contributed by atoms with Gasteiger partial charge in [0, 0.05) is 19.7 Å². The molecule has 0 aliphatic rings. The molecule has 0 radical (unpaired) electrons. The summed E-state index contributed by atoms with van der Waals surface area (Å²) in [5.74, 6) is 1.99. The molecule has 0 spiro atoms. The first-order valence-electron chi connectivity index (χ1n) is 4.12. The van der Waals surface area contributed by atoms with Crippen LogP contribution < -0.4 is 15.8 Å². The fourth-order valence-corrected chi connectivity index (χ4v) is 0.906. The van der Waals surface area contributed by atoms with Crippen LogP contribution in [0, 0.1) is 6.92 Å². The Labute approximate surface area is 77.3 Å². The minimum Gasteiger partial charge on any atom is -0.476 e. The van der Waals surface area contributed by atoms with Gasteiger partial charge in [0.1, 0.15) is 18.2 Å². The molecule has 1 heterocycles. The monoisotopic (exact) mass is 182 g/mol. The highest BCUT2D eigenvalue weighted by Crippen LogP contribution is 2.11. The number of rotatable bonds is 4. The normalized spacial score (nSPS) is 9.77. The summed E-state index contributed by atoms with van der Waals surface area (Å²) >= 11 is 0. The van der Waals surface area contributed by atoms with Crippen LogP contribution in [0.5, 0.6) is 5.88 Å². The van der Waals surface area contributed by atoms with Gasteiger partial charge in [-0.1, -0.05) is 0 Å². The van der Waals surface area contributed by atoms with Crippen molar-refractivity contribution in [2.24, 2.45) is 5.73 Å². The van der Waals surface area contributed by atoms with Crippen molar-refractivity contribution in [1.82, 2.24) is 9.97 Å². The van der Waals surface area contributed by atoms with Crippen molar-refractivity contribution in [3.05, 3.63) is 11.9 Å². The highest BCUT2D eigenvalue weighted by Gasteiger charge is 2.00. The van der Waals surface area contributed by atoms with E-state index in [4.69, 9.17) is 10.5 Å². The number of ether oxygens (including phenoxy) is 1. The standard InChI is InChI=1S/C8H14N4O/c1-6-11-7(10-2)5-8(12-6)13-4-3-9/h5H,3-4,9H2,1-2H3,(H,10,11,12). The van der Waals surface area contributed by atoms with Gasteiger partial charge in [0.25, 0.3) is 0 Å². The summed E-state index contributed by atoms with van der Waals surface area (Å²) in [5, 5.41) is 2.92. The number of nitrogens with one attached hydrogen (secondary N) is 1. The summed E-state index contributed by atoms with van der Waals surface area (Å²) in [5.41, 5.74) is 5.30. The van der Waals surface area contributed by atoms with E-state index in [9.17, 15) is 0 Å². The Morgan fingerprint density at radius 2 is 2.31 bits per heavy atom. The van der Waals surface area contributed by atoms with E-state index in [2.05, 4.69) is 15.3 Å². The second kappa shape index (κ2) is 4.61. The summed E-state index contributed by atoms with van der Waals surface area (Å²) in [6.07, 6.45) is 0. The van der Waals surface area contributed by atoms with E-state index in [1.165, 1.54) is 0 Å². The zero-order valence-electron chi connectivity index (χ0n) is 7.87. The number of aromatic nitrogens is 2. The van der Waals surface area contributed by atoms with Crippen LogP contribution >= 0.6 is 0 Å². The Morgan fingerprint density at radius 3 is 2.92 bits per heavy atom. The van der Waals surface area contributed by atoms with Crippen molar-refractivity contribution in [2.45, 2.75) is 6.92 Å². The van der Waals surface area contributed by atoms with Crippen LogP contribution in [0.3, 0.4) is 0 Å². The molecule has 5 nitrogen and oxygen atoms in total. The molecule has 0 unspecified atom stereocenters. The van der Waals surface area contributed by atoms with Gasteiger partial charge in [-0.15, -0.1) is 0 Å². The molecule has 0 fully saturated rings. The molecule has 0 amide bonds. The first kappa shape index (κ1) is 9.73. The van der Waals surface area contributed by atoms with Crippen LogP contribution in [0.25, 0.3) is 0 Å². The summed E-state index contributed by atoms with van der Waals surface area (Å²) in [6.45, 7) is 2.77. The van der Waals surface area contributed by atoms with Gasteiger partial charge in [0.15, 0.2) is 0 Å². The zero-order chi connectivity index (χ0) is 9.68. The maximum Gasteiger partial charge on any atom is 0.218 e. The molecule has 0 saturated heterocycles. The van der Waals surface area contributed by atoms with E-state index in [-0.39, 0.29) is 0 Å².